The number of hydrogen-bond donors (Lipinski definition) is 1. The van der Waals surface area contributed by atoms with Crippen molar-refractivity contribution in [1.29, 1.82) is 0 Å². The summed E-state index contributed by atoms with van der Waals surface area (Å²) in [5.41, 5.74) is 3.92. The normalized spacial score (nSPS) is 28.4. The Balaban J connectivity index is 0.000000213. The highest BCUT2D eigenvalue weighted by Crippen LogP contribution is 2.46. The van der Waals surface area contributed by atoms with Gasteiger partial charge in [-0.3, -0.25) is 4.79 Å². The van der Waals surface area contributed by atoms with E-state index in [0.29, 0.717) is 17.4 Å². The fourth-order valence-corrected chi connectivity index (χ4v) is 12.6. The summed E-state index contributed by atoms with van der Waals surface area (Å²) in [6, 6.07) is 8.40. The minimum absolute atomic E-state index is 0.153. The van der Waals surface area contributed by atoms with Gasteiger partial charge in [0.05, 0.1) is 0 Å². The van der Waals surface area contributed by atoms with Crippen LogP contribution in [0.3, 0.4) is 0 Å². The molecule has 0 spiro atoms. The van der Waals surface area contributed by atoms with Gasteiger partial charge in [0.2, 0.25) is 0 Å². The maximum Gasteiger partial charge on any atom is 0.145 e. The van der Waals surface area contributed by atoms with Gasteiger partial charge in [-0.2, -0.15) is 0 Å². The summed E-state index contributed by atoms with van der Waals surface area (Å²) in [4.78, 5) is 10.8. The first-order valence-corrected chi connectivity index (χ1v) is 24.4. The van der Waals surface area contributed by atoms with Gasteiger partial charge in [0, 0.05) is 12.7 Å². The predicted octanol–water partition coefficient (Wildman–Crippen LogP) is 15.6. The van der Waals surface area contributed by atoms with Crippen LogP contribution in [0.25, 0.3) is 0 Å². The summed E-state index contributed by atoms with van der Waals surface area (Å²) in [5, 5.41) is 10.8. The molecule has 4 saturated carbocycles. The van der Waals surface area contributed by atoms with Crippen LogP contribution >= 0.6 is 45.2 Å². The summed E-state index contributed by atoms with van der Waals surface area (Å²) in [6.07, 6.45) is 26.9. The zero-order chi connectivity index (χ0) is 40.8. The lowest BCUT2D eigenvalue weighted by Gasteiger charge is -2.39. The minimum Gasteiger partial charge on any atom is -0.384 e. The monoisotopic (exact) mass is 996 g/mol. The van der Waals surface area contributed by atoms with E-state index in [2.05, 4.69) is 72.2 Å². The number of halogens is 4. The largest absolute Gasteiger partial charge is 0.384 e. The minimum atomic E-state index is -0.890. The smallest absolute Gasteiger partial charge is 0.145 e. The second-order valence-electron chi connectivity index (χ2n) is 18.1. The second kappa shape index (κ2) is 24.2. The Morgan fingerprint density at radius 2 is 1.11 bits per heavy atom. The first kappa shape index (κ1) is 47.5. The third-order valence-corrected chi connectivity index (χ3v) is 15.6. The van der Waals surface area contributed by atoms with Gasteiger partial charge >= 0.3 is 0 Å². The number of carbonyl (C=O) groups is 1. The van der Waals surface area contributed by atoms with Crippen molar-refractivity contribution in [3.63, 3.8) is 0 Å². The molecule has 4 aliphatic rings. The molecule has 1 unspecified atom stereocenters. The maximum absolute atomic E-state index is 14.5. The van der Waals surface area contributed by atoms with Crippen LogP contribution in [0.15, 0.2) is 54.6 Å². The lowest BCUT2D eigenvalue weighted by Crippen LogP contribution is -2.27. The number of allylic oxidation sites excluding steroid dienone is 1. The number of aryl methyl sites for hydroxylation is 2. The number of aldehydes is 1. The molecule has 6 heteroatoms. The Labute approximate surface area is 367 Å². The number of hydrogen-bond acceptors (Lipinski definition) is 2. The molecule has 312 valence electrons. The Hall–Kier alpha value is -1.13. The number of carbonyl (C=O) groups excluding carboxylic acids is 1. The van der Waals surface area contributed by atoms with E-state index in [1.807, 2.05) is 26.0 Å². The number of rotatable bonds is 11. The van der Waals surface area contributed by atoms with Crippen LogP contribution in [-0.4, -0.2) is 11.4 Å². The van der Waals surface area contributed by atoms with Gasteiger partial charge in [-0.05, 0) is 236 Å². The van der Waals surface area contributed by atoms with Crippen molar-refractivity contribution >= 4 is 51.5 Å². The van der Waals surface area contributed by atoms with Crippen LogP contribution in [0.1, 0.15) is 165 Å². The van der Waals surface area contributed by atoms with Crippen molar-refractivity contribution in [3.05, 3.63) is 90.1 Å². The Morgan fingerprint density at radius 3 is 1.50 bits per heavy atom. The summed E-state index contributed by atoms with van der Waals surface area (Å²) in [6.45, 7) is 16.5. The van der Waals surface area contributed by atoms with Crippen molar-refractivity contribution in [1.82, 2.24) is 0 Å². The molecule has 0 bridgehead atoms. The Bertz CT molecular complexity index is 1450. The summed E-state index contributed by atoms with van der Waals surface area (Å²) in [5.74, 6) is 6.02. The molecule has 2 aromatic rings. The topological polar surface area (TPSA) is 37.3 Å². The lowest BCUT2D eigenvalue weighted by molar-refractivity contribution is -0.105. The highest BCUT2D eigenvalue weighted by molar-refractivity contribution is 14.1. The molecule has 4 aliphatic carbocycles. The fraction of sp³-hybridized carbons (Fsp3) is 0.660. The van der Waals surface area contributed by atoms with E-state index in [4.69, 9.17) is 0 Å². The lowest BCUT2D eigenvalue weighted by atomic mass is 9.67. The zero-order valence-corrected chi connectivity index (χ0v) is 39.4. The molecule has 2 aromatic carbocycles. The summed E-state index contributed by atoms with van der Waals surface area (Å²) < 4.78 is 28.6. The van der Waals surface area contributed by atoms with Gasteiger partial charge in [0.25, 0.3) is 0 Å². The molecule has 1 atom stereocenters. The molecule has 0 amide bonds. The quantitative estimate of drug-likeness (QED) is 0.105. The van der Waals surface area contributed by atoms with Gasteiger partial charge < -0.3 is 5.11 Å². The van der Waals surface area contributed by atoms with Crippen molar-refractivity contribution in [2.75, 3.05) is 0 Å². The zero-order valence-electron chi connectivity index (χ0n) is 35.1. The third kappa shape index (κ3) is 14.6. The highest BCUT2D eigenvalue weighted by Gasteiger charge is 2.34. The number of aliphatic hydroxyl groups excluding tert-OH is 1. The Morgan fingerprint density at radius 1 is 0.679 bits per heavy atom. The third-order valence-electron chi connectivity index (χ3n) is 14.1. The van der Waals surface area contributed by atoms with Gasteiger partial charge in [0.15, 0.2) is 0 Å². The SMILES string of the molecule is C=C(C1CCC(C2CCC(CCC)CC2)CC1)C(O)c1c(F)cc(C)cc1I.C=C(C=O)C1CCC(C2CCC(CCC)CC2)CC1.Cc1cc(F)cc(I)c1. The van der Waals surface area contributed by atoms with Gasteiger partial charge in [-0.1, -0.05) is 78.4 Å². The van der Waals surface area contributed by atoms with Crippen molar-refractivity contribution in [2.24, 2.45) is 47.3 Å². The van der Waals surface area contributed by atoms with E-state index in [1.165, 1.54) is 134 Å². The van der Waals surface area contributed by atoms with Crippen molar-refractivity contribution < 1.29 is 18.7 Å². The number of benzene rings is 2. The van der Waals surface area contributed by atoms with E-state index < -0.39 is 6.10 Å². The molecular weight excluding hydrogens is 924 g/mol. The molecule has 0 heterocycles. The van der Waals surface area contributed by atoms with Crippen LogP contribution in [0, 0.1) is 80.0 Å². The molecule has 2 nitrogen and oxygen atoms in total. The van der Waals surface area contributed by atoms with Gasteiger partial charge in [0.1, 0.15) is 24.0 Å². The van der Waals surface area contributed by atoms with Gasteiger partial charge in [-0.25, -0.2) is 8.78 Å². The second-order valence-corrected chi connectivity index (χ2v) is 20.5. The molecule has 0 saturated heterocycles. The fourth-order valence-electron chi connectivity index (χ4n) is 10.8. The van der Waals surface area contributed by atoms with Crippen molar-refractivity contribution in [2.45, 2.75) is 162 Å². The summed E-state index contributed by atoms with van der Waals surface area (Å²) >= 11 is 4.22. The van der Waals surface area contributed by atoms with E-state index in [9.17, 15) is 18.7 Å². The van der Waals surface area contributed by atoms with Gasteiger partial charge in [-0.15, -0.1) is 0 Å². The molecule has 56 heavy (non-hydrogen) atoms. The Kier molecular flexibility index (Phi) is 20.6. The molecule has 1 N–H and O–H groups in total. The maximum atomic E-state index is 14.5. The molecular formula is C50H72F2I2O2. The van der Waals surface area contributed by atoms with Crippen LogP contribution in [0.5, 0.6) is 0 Å². The number of aliphatic hydroxyl groups is 1. The first-order valence-electron chi connectivity index (χ1n) is 22.2. The van der Waals surface area contributed by atoms with Crippen LogP contribution in [0.2, 0.25) is 0 Å². The molecule has 4 fully saturated rings. The summed E-state index contributed by atoms with van der Waals surface area (Å²) in [7, 11) is 0. The molecule has 0 radical (unpaired) electrons. The van der Waals surface area contributed by atoms with E-state index in [1.54, 1.807) is 0 Å². The van der Waals surface area contributed by atoms with Crippen LogP contribution in [-0.2, 0) is 4.79 Å². The predicted molar refractivity (Wildman–Crippen MR) is 249 cm³/mol. The molecule has 0 aromatic heterocycles. The standard InChI is InChI=1S/C25H36FIO.C18H30O.C7H6FI/c1-4-5-18-6-8-20(9-7-18)21-12-10-19(11-13-21)17(3)25(28)24-22(26)14-16(2)15-23(24)27;1-3-4-15-5-7-17(8-6-15)18-11-9-16(10-12-18)14(2)13-19;1-5-2-6(8)4-7(9)3-5/h14-15,18-21,25,28H,3-13H2,1-2H3;13,15-18H,2-12H2,1H3;2-4H,1H3. The highest BCUT2D eigenvalue weighted by atomic mass is 127. The van der Waals surface area contributed by atoms with E-state index in [0.717, 1.165) is 84.0 Å². The van der Waals surface area contributed by atoms with Crippen molar-refractivity contribution in [3.8, 4) is 0 Å². The first-order chi connectivity index (χ1) is 26.8. The van der Waals surface area contributed by atoms with Crippen LogP contribution < -0.4 is 0 Å². The van der Waals surface area contributed by atoms with E-state index >= 15 is 0 Å². The van der Waals surface area contributed by atoms with Crippen LogP contribution in [0.4, 0.5) is 8.78 Å². The molecule has 0 aliphatic heterocycles. The molecule has 6 rings (SSSR count). The van der Waals surface area contributed by atoms with E-state index in [-0.39, 0.29) is 11.6 Å². The average molecular weight is 997 g/mol. The average Bonchev–Trinajstić information content (AvgIpc) is 3.18.